The average molecular weight is 177 g/mol. The van der Waals surface area contributed by atoms with Crippen LogP contribution in [0.3, 0.4) is 0 Å². The monoisotopic (exact) mass is 177 g/mol. The zero-order chi connectivity index (χ0) is 8.48. The fraction of sp³-hybridized carbons (Fsp3) is 0.250. The van der Waals surface area contributed by atoms with Gasteiger partial charge in [0.2, 0.25) is 0 Å². The maximum absolute atomic E-state index is 10.3. The highest BCUT2D eigenvalue weighted by atomic mass is 32.2. The molecule has 1 aromatic heterocycles. The van der Waals surface area contributed by atoms with Gasteiger partial charge < -0.3 is 4.18 Å². The summed E-state index contributed by atoms with van der Waals surface area (Å²) in [4.78, 5) is 0. The molecule has 0 spiro atoms. The summed E-state index contributed by atoms with van der Waals surface area (Å²) in [7, 11) is -3.95. The second-order valence-electron chi connectivity index (χ2n) is 1.97. The molecule has 0 aliphatic carbocycles. The first-order valence-electron chi connectivity index (χ1n) is 2.71. The summed E-state index contributed by atoms with van der Waals surface area (Å²) in [5.74, 6) is -0.0509. The van der Waals surface area contributed by atoms with Crippen LogP contribution in [-0.4, -0.2) is 18.6 Å². The van der Waals surface area contributed by atoms with E-state index in [1.54, 1.807) is 6.92 Å². The standard InChI is InChI=1S/C4H7N3O3S/c1-3-2-4(7-6-3)10-11(5,8)9/h2H,1H3,(H,6,7)(H2,5,8,9). The fourth-order valence-electron chi connectivity index (χ4n) is 0.555. The van der Waals surface area contributed by atoms with E-state index in [2.05, 4.69) is 19.5 Å². The highest BCUT2D eigenvalue weighted by Gasteiger charge is 2.06. The van der Waals surface area contributed by atoms with Crippen molar-refractivity contribution in [1.29, 1.82) is 0 Å². The van der Waals surface area contributed by atoms with Crippen molar-refractivity contribution >= 4 is 10.3 Å². The molecule has 1 rings (SSSR count). The van der Waals surface area contributed by atoms with E-state index in [4.69, 9.17) is 0 Å². The maximum Gasteiger partial charge on any atom is 0.381 e. The number of aryl methyl sites for hydroxylation is 1. The van der Waals surface area contributed by atoms with E-state index in [1.165, 1.54) is 6.07 Å². The zero-order valence-corrected chi connectivity index (χ0v) is 6.55. The molecule has 0 bridgehead atoms. The SMILES string of the molecule is Cc1cc(OS(N)(=O)=O)n[nH]1. The van der Waals surface area contributed by atoms with Crippen LogP contribution in [0.15, 0.2) is 6.07 Å². The first kappa shape index (κ1) is 8.02. The molecule has 6 nitrogen and oxygen atoms in total. The van der Waals surface area contributed by atoms with Crippen LogP contribution in [0.5, 0.6) is 5.88 Å². The molecule has 3 N–H and O–H groups in total. The van der Waals surface area contributed by atoms with E-state index in [9.17, 15) is 8.42 Å². The average Bonchev–Trinajstić information content (AvgIpc) is 2.10. The van der Waals surface area contributed by atoms with Crippen molar-refractivity contribution in [2.75, 3.05) is 0 Å². The molecule has 0 unspecified atom stereocenters. The Kier molecular flexibility index (Phi) is 1.83. The van der Waals surface area contributed by atoms with Crippen molar-refractivity contribution in [3.05, 3.63) is 11.8 Å². The number of hydrogen-bond acceptors (Lipinski definition) is 4. The predicted molar refractivity (Wildman–Crippen MR) is 37.1 cm³/mol. The van der Waals surface area contributed by atoms with Crippen molar-refractivity contribution in [1.82, 2.24) is 10.2 Å². The van der Waals surface area contributed by atoms with Crippen LogP contribution < -0.4 is 9.32 Å². The third kappa shape index (κ3) is 2.56. The Hall–Kier alpha value is -1.08. The third-order valence-corrected chi connectivity index (χ3v) is 1.29. The summed E-state index contributed by atoms with van der Waals surface area (Å²) in [5.41, 5.74) is 0.698. The highest BCUT2D eigenvalue weighted by Crippen LogP contribution is 2.07. The summed E-state index contributed by atoms with van der Waals surface area (Å²) < 4.78 is 24.9. The van der Waals surface area contributed by atoms with E-state index in [1.807, 2.05) is 0 Å². The zero-order valence-electron chi connectivity index (χ0n) is 5.73. The van der Waals surface area contributed by atoms with Crippen LogP contribution in [0.4, 0.5) is 0 Å². The molecule has 0 aliphatic heterocycles. The van der Waals surface area contributed by atoms with Crippen molar-refractivity contribution in [3.63, 3.8) is 0 Å². The lowest BCUT2D eigenvalue weighted by atomic mass is 10.5. The number of aromatic nitrogens is 2. The van der Waals surface area contributed by atoms with Crippen molar-refractivity contribution in [3.8, 4) is 5.88 Å². The molecule has 7 heteroatoms. The van der Waals surface area contributed by atoms with Crippen LogP contribution in [-0.2, 0) is 10.3 Å². The van der Waals surface area contributed by atoms with Crippen LogP contribution in [0.1, 0.15) is 5.69 Å². The highest BCUT2D eigenvalue weighted by molar-refractivity contribution is 7.84. The second-order valence-corrected chi connectivity index (χ2v) is 3.12. The van der Waals surface area contributed by atoms with Crippen molar-refractivity contribution in [2.24, 2.45) is 5.14 Å². The maximum atomic E-state index is 10.3. The van der Waals surface area contributed by atoms with Gasteiger partial charge in [-0.1, -0.05) is 0 Å². The molecular formula is C4H7N3O3S. The van der Waals surface area contributed by atoms with Crippen LogP contribution in [0.25, 0.3) is 0 Å². The largest absolute Gasteiger partial charge is 0.381 e. The number of nitrogens with zero attached hydrogens (tertiary/aromatic N) is 1. The predicted octanol–water partition coefficient (Wildman–Crippen LogP) is -0.700. The number of rotatable bonds is 2. The minimum absolute atomic E-state index is 0.0509. The minimum Gasteiger partial charge on any atom is -0.349 e. The van der Waals surface area contributed by atoms with Gasteiger partial charge in [-0.25, -0.2) is 0 Å². The topological polar surface area (TPSA) is 98.1 Å². The van der Waals surface area contributed by atoms with Gasteiger partial charge in [-0.05, 0) is 6.92 Å². The lowest BCUT2D eigenvalue weighted by Gasteiger charge is -1.94. The first-order valence-corrected chi connectivity index (χ1v) is 4.19. The van der Waals surface area contributed by atoms with Gasteiger partial charge in [-0.2, -0.15) is 13.6 Å². The third-order valence-electron chi connectivity index (χ3n) is 0.884. The number of H-pyrrole nitrogens is 1. The molecule has 62 valence electrons. The normalized spacial score (nSPS) is 11.5. The molecule has 1 aromatic rings. The Morgan fingerprint density at radius 3 is 2.73 bits per heavy atom. The molecule has 0 aromatic carbocycles. The molecular weight excluding hydrogens is 170 g/mol. The van der Waals surface area contributed by atoms with Gasteiger partial charge in [0, 0.05) is 11.8 Å². The molecule has 0 saturated heterocycles. The molecule has 0 radical (unpaired) electrons. The Morgan fingerprint density at radius 2 is 2.36 bits per heavy atom. The van der Waals surface area contributed by atoms with Gasteiger partial charge in [0.15, 0.2) is 0 Å². The molecule has 0 amide bonds. The van der Waals surface area contributed by atoms with Crippen molar-refractivity contribution < 1.29 is 12.6 Å². The molecule has 0 aliphatic rings. The van der Waals surface area contributed by atoms with E-state index in [0.717, 1.165) is 0 Å². The molecule has 1 heterocycles. The lowest BCUT2D eigenvalue weighted by Crippen LogP contribution is -2.19. The number of hydrogen-bond donors (Lipinski definition) is 2. The molecule has 0 fully saturated rings. The molecule has 0 saturated carbocycles. The summed E-state index contributed by atoms with van der Waals surface area (Å²) >= 11 is 0. The summed E-state index contributed by atoms with van der Waals surface area (Å²) in [6, 6.07) is 1.42. The van der Waals surface area contributed by atoms with Crippen LogP contribution in [0.2, 0.25) is 0 Å². The lowest BCUT2D eigenvalue weighted by molar-refractivity contribution is 0.477. The fourth-order valence-corrected chi connectivity index (χ4v) is 0.878. The molecule has 11 heavy (non-hydrogen) atoms. The van der Waals surface area contributed by atoms with E-state index >= 15 is 0 Å². The summed E-state index contributed by atoms with van der Waals surface area (Å²) in [6.07, 6.45) is 0. The smallest absolute Gasteiger partial charge is 0.349 e. The van der Waals surface area contributed by atoms with Gasteiger partial charge in [-0.15, -0.1) is 5.10 Å². The number of aromatic amines is 1. The number of nitrogens with one attached hydrogen (secondary N) is 1. The van der Waals surface area contributed by atoms with E-state index < -0.39 is 10.3 Å². The van der Waals surface area contributed by atoms with Gasteiger partial charge in [0.05, 0.1) is 0 Å². The van der Waals surface area contributed by atoms with Gasteiger partial charge in [0.25, 0.3) is 5.88 Å². The van der Waals surface area contributed by atoms with Gasteiger partial charge >= 0.3 is 10.3 Å². The summed E-state index contributed by atoms with van der Waals surface area (Å²) in [5, 5.41) is 10.6. The van der Waals surface area contributed by atoms with Crippen LogP contribution in [0, 0.1) is 6.92 Å². The van der Waals surface area contributed by atoms with E-state index in [0.29, 0.717) is 5.69 Å². The van der Waals surface area contributed by atoms with Crippen LogP contribution >= 0.6 is 0 Å². The van der Waals surface area contributed by atoms with Crippen molar-refractivity contribution in [2.45, 2.75) is 6.92 Å². The Morgan fingerprint density at radius 1 is 1.73 bits per heavy atom. The second kappa shape index (κ2) is 2.51. The summed E-state index contributed by atoms with van der Waals surface area (Å²) in [6.45, 7) is 1.71. The number of nitrogens with two attached hydrogens (primary N) is 1. The minimum atomic E-state index is -3.95. The Balaban J connectivity index is 2.81. The Bertz CT molecular complexity index is 341. The van der Waals surface area contributed by atoms with E-state index in [-0.39, 0.29) is 5.88 Å². The quantitative estimate of drug-likeness (QED) is 0.624. The molecule has 0 atom stereocenters. The Labute approximate surface area is 63.6 Å². The van der Waals surface area contributed by atoms with Gasteiger partial charge in [-0.3, -0.25) is 5.10 Å². The first-order chi connectivity index (χ1) is 4.97. The van der Waals surface area contributed by atoms with Gasteiger partial charge in [0.1, 0.15) is 0 Å².